The Labute approximate surface area is 228 Å². The number of hydrogen-bond acceptors (Lipinski definition) is 8. The maximum atomic E-state index is 13.4. The standard InChI is InChI=1S/C25H26ClN3O7S2/c1-3-35-22(30)15-28-19-12-7-16(24(32)36-4-2)14-21(19)37-25(28)27-23(31)20-6-5-13-29(20)38(33,34)18-10-8-17(26)9-11-18/h7-12,14,20H,3-6,13,15H2,1-2H3. The minimum atomic E-state index is -3.96. The van der Waals surface area contributed by atoms with Crippen LogP contribution in [0.15, 0.2) is 52.4 Å². The lowest BCUT2D eigenvalue weighted by atomic mass is 10.2. The number of fused-ring (bicyclic) bond motifs is 1. The molecule has 0 radical (unpaired) electrons. The summed E-state index contributed by atoms with van der Waals surface area (Å²) < 4.78 is 40.0. The van der Waals surface area contributed by atoms with Crippen molar-refractivity contribution >= 4 is 61.0 Å². The molecule has 0 bridgehead atoms. The van der Waals surface area contributed by atoms with Crippen LogP contribution in [-0.4, -0.2) is 60.9 Å². The Kier molecular flexibility index (Phi) is 8.66. The summed E-state index contributed by atoms with van der Waals surface area (Å²) in [6, 6.07) is 9.58. The first-order valence-electron chi connectivity index (χ1n) is 12.0. The number of carbonyl (C=O) groups is 3. The van der Waals surface area contributed by atoms with Gasteiger partial charge < -0.3 is 14.0 Å². The molecule has 1 aliphatic rings. The number of halogens is 1. The highest BCUT2D eigenvalue weighted by atomic mass is 35.5. The van der Waals surface area contributed by atoms with Crippen LogP contribution < -0.4 is 4.80 Å². The van der Waals surface area contributed by atoms with E-state index in [1.54, 1.807) is 32.0 Å². The summed E-state index contributed by atoms with van der Waals surface area (Å²) in [5, 5.41) is 0.398. The molecule has 0 aliphatic carbocycles. The fourth-order valence-electron chi connectivity index (χ4n) is 4.17. The molecule has 2 heterocycles. The van der Waals surface area contributed by atoms with Gasteiger partial charge in [0.1, 0.15) is 12.6 Å². The molecule has 1 atom stereocenters. The van der Waals surface area contributed by atoms with E-state index in [0.29, 0.717) is 33.6 Å². The van der Waals surface area contributed by atoms with E-state index in [2.05, 4.69) is 4.99 Å². The zero-order valence-corrected chi connectivity index (χ0v) is 23.1. The highest BCUT2D eigenvalue weighted by Crippen LogP contribution is 2.28. The van der Waals surface area contributed by atoms with Crippen LogP contribution in [0.3, 0.4) is 0 Å². The van der Waals surface area contributed by atoms with Crippen LogP contribution >= 0.6 is 22.9 Å². The number of esters is 2. The van der Waals surface area contributed by atoms with Crippen LogP contribution in [0.4, 0.5) is 0 Å². The largest absolute Gasteiger partial charge is 0.465 e. The van der Waals surface area contributed by atoms with Gasteiger partial charge in [0.2, 0.25) is 10.0 Å². The number of nitrogens with zero attached hydrogens (tertiary/aromatic N) is 3. The summed E-state index contributed by atoms with van der Waals surface area (Å²) >= 11 is 7.01. The van der Waals surface area contributed by atoms with Crippen molar-refractivity contribution in [1.29, 1.82) is 0 Å². The molecular weight excluding hydrogens is 554 g/mol. The summed E-state index contributed by atoms with van der Waals surface area (Å²) in [6.45, 7) is 3.75. The van der Waals surface area contributed by atoms with Crippen LogP contribution in [0.1, 0.15) is 37.0 Å². The zero-order valence-electron chi connectivity index (χ0n) is 20.8. The molecule has 1 aliphatic heterocycles. The molecule has 1 amide bonds. The third kappa shape index (κ3) is 5.83. The molecule has 1 fully saturated rings. The second-order valence-corrected chi connectivity index (χ2v) is 11.7. The first kappa shape index (κ1) is 28.0. The van der Waals surface area contributed by atoms with E-state index in [9.17, 15) is 22.8 Å². The number of hydrogen-bond donors (Lipinski definition) is 0. The van der Waals surface area contributed by atoms with E-state index < -0.39 is 33.9 Å². The molecule has 0 saturated carbocycles. The Balaban J connectivity index is 1.74. The summed E-state index contributed by atoms with van der Waals surface area (Å²) in [5.41, 5.74) is 0.887. The molecular formula is C25H26ClN3O7S2. The van der Waals surface area contributed by atoms with E-state index in [4.69, 9.17) is 21.1 Å². The van der Waals surface area contributed by atoms with Gasteiger partial charge in [-0.05, 0) is 69.2 Å². The van der Waals surface area contributed by atoms with Crippen LogP contribution in [0.5, 0.6) is 0 Å². The first-order chi connectivity index (χ1) is 18.1. The zero-order chi connectivity index (χ0) is 27.4. The topological polar surface area (TPSA) is 124 Å². The van der Waals surface area contributed by atoms with E-state index >= 15 is 0 Å². The van der Waals surface area contributed by atoms with E-state index in [1.165, 1.54) is 28.8 Å². The average molecular weight is 580 g/mol. The maximum Gasteiger partial charge on any atom is 0.338 e. The van der Waals surface area contributed by atoms with Crippen molar-refractivity contribution in [3.63, 3.8) is 0 Å². The van der Waals surface area contributed by atoms with Crippen molar-refractivity contribution in [2.24, 2.45) is 4.99 Å². The highest BCUT2D eigenvalue weighted by molar-refractivity contribution is 7.89. The minimum Gasteiger partial charge on any atom is -0.465 e. The molecule has 1 aromatic heterocycles. The van der Waals surface area contributed by atoms with E-state index in [0.717, 1.165) is 15.6 Å². The second kappa shape index (κ2) is 11.8. The number of thiazole rings is 1. The smallest absolute Gasteiger partial charge is 0.338 e. The van der Waals surface area contributed by atoms with Crippen molar-refractivity contribution in [3.05, 3.63) is 57.9 Å². The minimum absolute atomic E-state index is 0.0346. The molecule has 1 saturated heterocycles. The third-order valence-corrected chi connectivity index (χ3v) is 9.12. The molecule has 38 heavy (non-hydrogen) atoms. The lowest BCUT2D eigenvalue weighted by Gasteiger charge is -2.21. The van der Waals surface area contributed by atoms with Gasteiger partial charge in [-0.3, -0.25) is 9.59 Å². The van der Waals surface area contributed by atoms with Gasteiger partial charge in [-0.1, -0.05) is 22.9 Å². The Bertz CT molecular complexity index is 1550. The number of amides is 1. The molecule has 4 rings (SSSR count). The number of rotatable bonds is 8. The number of benzene rings is 2. The van der Waals surface area contributed by atoms with Crippen molar-refractivity contribution in [2.45, 2.75) is 44.2 Å². The van der Waals surface area contributed by atoms with Gasteiger partial charge in [0.05, 0.1) is 33.9 Å². The Morgan fingerprint density at radius 3 is 2.47 bits per heavy atom. The molecule has 1 unspecified atom stereocenters. The van der Waals surface area contributed by atoms with Gasteiger partial charge in [0, 0.05) is 11.6 Å². The highest BCUT2D eigenvalue weighted by Gasteiger charge is 2.39. The lowest BCUT2D eigenvalue weighted by molar-refractivity contribution is -0.143. The number of carbonyl (C=O) groups excluding carboxylic acids is 3. The summed E-state index contributed by atoms with van der Waals surface area (Å²) in [6.07, 6.45) is 0.807. The SMILES string of the molecule is CCOC(=O)Cn1c(=NC(=O)C2CCCN2S(=O)(=O)c2ccc(Cl)cc2)sc2cc(C(=O)OCC)ccc21. The summed E-state index contributed by atoms with van der Waals surface area (Å²) in [4.78, 5) is 42.4. The fraction of sp³-hybridized carbons (Fsp3) is 0.360. The Morgan fingerprint density at radius 2 is 1.79 bits per heavy atom. The first-order valence-corrected chi connectivity index (χ1v) is 14.6. The van der Waals surface area contributed by atoms with Crippen molar-refractivity contribution < 1.29 is 32.3 Å². The van der Waals surface area contributed by atoms with Crippen LogP contribution in [0.25, 0.3) is 10.2 Å². The van der Waals surface area contributed by atoms with E-state index in [1.807, 2.05) is 0 Å². The second-order valence-electron chi connectivity index (χ2n) is 8.36. The predicted molar refractivity (Wildman–Crippen MR) is 141 cm³/mol. The number of sulfonamides is 1. The van der Waals surface area contributed by atoms with Crippen molar-refractivity contribution in [1.82, 2.24) is 8.87 Å². The van der Waals surface area contributed by atoms with E-state index in [-0.39, 0.29) is 36.0 Å². The van der Waals surface area contributed by atoms with Gasteiger partial charge in [-0.15, -0.1) is 0 Å². The van der Waals surface area contributed by atoms with Gasteiger partial charge >= 0.3 is 11.9 Å². The number of ether oxygens (including phenoxy) is 2. The van der Waals surface area contributed by atoms with Gasteiger partial charge in [-0.25, -0.2) is 13.2 Å². The normalized spacial score (nSPS) is 16.6. The van der Waals surface area contributed by atoms with Crippen molar-refractivity contribution in [3.8, 4) is 0 Å². The fourth-order valence-corrected chi connectivity index (χ4v) is 7.02. The van der Waals surface area contributed by atoms with Gasteiger partial charge in [-0.2, -0.15) is 9.30 Å². The predicted octanol–water partition coefficient (Wildman–Crippen LogP) is 3.38. The summed E-state index contributed by atoms with van der Waals surface area (Å²) in [7, 11) is -3.96. The van der Waals surface area contributed by atoms with Crippen LogP contribution in [-0.2, 0) is 35.6 Å². The molecule has 0 N–H and O–H groups in total. The van der Waals surface area contributed by atoms with Gasteiger partial charge in [0.15, 0.2) is 4.80 Å². The molecule has 13 heteroatoms. The van der Waals surface area contributed by atoms with Crippen LogP contribution in [0, 0.1) is 0 Å². The van der Waals surface area contributed by atoms with Crippen LogP contribution in [0.2, 0.25) is 5.02 Å². The van der Waals surface area contributed by atoms with Gasteiger partial charge in [0.25, 0.3) is 5.91 Å². The molecule has 10 nitrogen and oxygen atoms in total. The average Bonchev–Trinajstić information content (AvgIpc) is 3.50. The molecule has 2 aromatic carbocycles. The Hall–Kier alpha value is -3.06. The molecule has 0 spiro atoms. The molecule has 202 valence electrons. The lowest BCUT2D eigenvalue weighted by Crippen LogP contribution is -2.40. The van der Waals surface area contributed by atoms with Crippen molar-refractivity contribution in [2.75, 3.05) is 19.8 Å². The third-order valence-electron chi connectivity index (χ3n) is 5.90. The molecule has 3 aromatic rings. The maximum absolute atomic E-state index is 13.4. The Morgan fingerprint density at radius 1 is 1.08 bits per heavy atom. The number of aromatic nitrogens is 1. The monoisotopic (exact) mass is 579 g/mol. The summed E-state index contributed by atoms with van der Waals surface area (Å²) in [5.74, 6) is -1.67. The quantitative estimate of drug-likeness (QED) is 0.375.